The summed E-state index contributed by atoms with van der Waals surface area (Å²) >= 11 is 13.6. The highest BCUT2D eigenvalue weighted by molar-refractivity contribution is 6.44. The molecule has 1 heterocycles. The minimum absolute atomic E-state index is 0.515. The van der Waals surface area contributed by atoms with E-state index in [1.807, 2.05) is 37.3 Å². The number of nitrogens with zero attached hydrogens (tertiary/aromatic N) is 2. The minimum atomic E-state index is 0.515. The molecule has 6 aromatic carbocycles. The summed E-state index contributed by atoms with van der Waals surface area (Å²) in [6.45, 7) is 6.30. The molecular formula is C41H32Cl2N2O. The van der Waals surface area contributed by atoms with Crippen molar-refractivity contribution in [3.63, 3.8) is 0 Å². The van der Waals surface area contributed by atoms with Crippen molar-refractivity contribution in [2.75, 3.05) is 9.80 Å². The number of rotatable bonds is 7. The number of anilines is 6. The van der Waals surface area contributed by atoms with Gasteiger partial charge in [-0.05, 0) is 116 Å². The Morgan fingerprint density at radius 1 is 0.522 bits per heavy atom. The molecule has 0 spiro atoms. The van der Waals surface area contributed by atoms with Crippen LogP contribution in [0.5, 0.6) is 0 Å². The summed E-state index contributed by atoms with van der Waals surface area (Å²) in [7, 11) is 0. The Kier molecular flexibility index (Phi) is 8.04. The number of hydrogen-bond acceptors (Lipinski definition) is 3. The van der Waals surface area contributed by atoms with Gasteiger partial charge in [0.15, 0.2) is 0 Å². The number of hydrogen-bond donors (Lipinski definition) is 0. The molecule has 0 atom stereocenters. The molecule has 0 bridgehead atoms. The molecule has 0 fully saturated rings. The Morgan fingerprint density at radius 2 is 1.13 bits per heavy atom. The van der Waals surface area contributed by atoms with Crippen molar-refractivity contribution in [2.24, 2.45) is 0 Å². The first-order valence-electron chi connectivity index (χ1n) is 15.2. The van der Waals surface area contributed by atoms with Gasteiger partial charge in [0.05, 0.1) is 21.4 Å². The van der Waals surface area contributed by atoms with Gasteiger partial charge in [0, 0.05) is 33.7 Å². The van der Waals surface area contributed by atoms with Gasteiger partial charge in [-0.3, -0.25) is 0 Å². The molecule has 0 aliphatic carbocycles. The first kappa shape index (κ1) is 29.7. The van der Waals surface area contributed by atoms with Gasteiger partial charge in [0.25, 0.3) is 0 Å². The molecule has 0 saturated heterocycles. The van der Waals surface area contributed by atoms with Crippen molar-refractivity contribution in [2.45, 2.75) is 20.8 Å². The normalized spacial score (nSPS) is 11.2. The number of halogens is 2. The van der Waals surface area contributed by atoms with E-state index in [0.717, 1.165) is 73.1 Å². The molecule has 0 amide bonds. The average Bonchev–Trinajstić information content (AvgIpc) is 3.50. The summed E-state index contributed by atoms with van der Waals surface area (Å²) in [6, 6.07) is 48.0. The Bertz CT molecular complexity index is 2120. The third-order valence-corrected chi connectivity index (χ3v) is 9.05. The van der Waals surface area contributed by atoms with E-state index in [9.17, 15) is 0 Å². The molecule has 0 radical (unpaired) electrons. The number of aryl methyl sites for hydroxylation is 3. The van der Waals surface area contributed by atoms with E-state index in [-0.39, 0.29) is 0 Å². The lowest BCUT2D eigenvalue weighted by molar-refractivity contribution is 0.631. The van der Waals surface area contributed by atoms with Gasteiger partial charge in [0.1, 0.15) is 11.3 Å². The maximum absolute atomic E-state index is 6.96. The maximum atomic E-state index is 6.96. The fraction of sp³-hybridized carbons (Fsp3) is 0.0732. The topological polar surface area (TPSA) is 19.6 Å². The van der Waals surface area contributed by atoms with Crippen LogP contribution in [0.25, 0.3) is 22.3 Å². The van der Waals surface area contributed by atoms with Crippen LogP contribution in [0.4, 0.5) is 34.1 Å². The Morgan fingerprint density at radius 3 is 1.85 bits per heavy atom. The molecule has 0 unspecified atom stereocenters. The average molecular weight is 640 g/mol. The fourth-order valence-electron chi connectivity index (χ4n) is 6.11. The van der Waals surface area contributed by atoms with Crippen LogP contribution >= 0.6 is 23.2 Å². The standard InChI is InChI=1S/C41H32Cl2N2O/c1-27-23-36(42)40(43)37(24-27)45(41-28(2)11-9-12-29(41)3)35-17-10-16-34(26-35)44(32-14-5-4-6-15-32)33-21-19-30(20-22-33)39-25-31-13-7-8-18-38(31)46-39/h4-26H,1-3H3. The van der Waals surface area contributed by atoms with Gasteiger partial charge in [-0.1, -0.05) is 83.9 Å². The molecule has 0 saturated carbocycles. The molecule has 7 aromatic rings. The van der Waals surface area contributed by atoms with Crippen LogP contribution in [-0.2, 0) is 0 Å². The van der Waals surface area contributed by atoms with Crippen LogP contribution in [0.3, 0.4) is 0 Å². The lowest BCUT2D eigenvalue weighted by atomic mass is 10.0. The highest BCUT2D eigenvalue weighted by atomic mass is 35.5. The molecule has 0 aliphatic heterocycles. The molecule has 226 valence electrons. The third-order valence-electron chi connectivity index (χ3n) is 8.25. The van der Waals surface area contributed by atoms with E-state index < -0.39 is 0 Å². The second-order valence-electron chi connectivity index (χ2n) is 11.5. The maximum Gasteiger partial charge on any atom is 0.135 e. The first-order valence-corrected chi connectivity index (χ1v) is 16.0. The van der Waals surface area contributed by atoms with Crippen LogP contribution in [-0.4, -0.2) is 0 Å². The molecule has 7 rings (SSSR count). The second kappa shape index (κ2) is 12.4. The van der Waals surface area contributed by atoms with Crippen molar-refractivity contribution < 1.29 is 4.42 Å². The summed E-state index contributed by atoms with van der Waals surface area (Å²) in [5, 5.41) is 2.13. The van der Waals surface area contributed by atoms with Gasteiger partial charge < -0.3 is 14.2 Å². The Hall–Kier alpha value is -4.96. The number of benzene rings is 6. The molecule has 0 N–H and O–H groups in total. The van der Waals surface area contributed by atoms with E-state index in [1.165, 1.54) is 0 Å². The lowest BCUT2D eigenvalue weighted by Crippen LogP contribution is -2.15. The molecule has 1 aromatic heterocycles. The molecule has 46 heavy (non-hydrogen) atoms. The zero-order chi connectivity index (χ0) is 31.8. The predicted molar refractivity (Wildman–Crippen MR) is 195 cm³/mol. The van der Waals surface area contributed by atoms with Crippen LogP contribution in [0.2, 0.25) is 10.0 Å². The van der Waals surface area contributed by atoms with E-state index in [4.69, 9.17) is 27.6 Å². The SMILES string of the molecule is Cc1cc(Cl)c(Cl)c(N(c2cccc(N(c3ccccc3)c3ccc(-c4cc5ccccc5o4)cc3)c2)c2c(C)cccc2C)c1. The van der Waals surface area contributed by atoms with Gasteiger partial charge in [-0.15, -0.1) is 0 Å². The van der Waals surface area contributed by atoms with E-state index >= 15 is 0 Å². The van der Waals surface area contributed by atoms with E-state index in [0.29, 0.717) is 10.0 Å². The largest absolute Gasteiger partial charge is 0.456 e. The van der Waals surface area contributed by atoms with Crippen LogP contribution in [0, 0.1) is 20.8 Å². The van der Waals surface area contributed by atoms with Crippen LogP contribution < -0.4 is 9.80 Å². The predicted octanol–water partition coefficient (Wildman–Crippen LogP) is 13.3. The van der Waals surface area contributed by atoms with Crippen LogP contribution in [0.15, 0.2) is 144 Å². The van der Waals surface area contributed by atoms with Gasteiger partial charge in [-0.2, -0.15) is 0 Å². The number of para-hydroxylation sites is 3. The monoisotopic (exact) mass is 638 g/mol. The van der Waals surface area contributed by atoms with Crippen molar-refractivity contribution in [3.8, 4) is 11.3 Å². The van der Waals surface area contributed by atoms with Crippen molar-refractivity contribution in [3.05, 3.63) is 166 Å². The van der Waals surface area contributed by atoms with Crippen molar-refractivity contribution in [1.82, 2.24) is 0 Å². The quantitative estimate of drug-likeness (QED) is 0.173. The number of fused-ring (bicyclic) bond motifs is 1. The Balaban J connectivity index is 1.36. The highest BCUT2D eigenvalue weighted by Crippen LogP contribution is 2.46. The summed E-state index contributed by atoms with van der Waals surface area (Å²) in [5.41, 5.74) is 11.2. The number of furan rings is 1. The minimum Gasteiger partial charge on any atom is -0.456 e. The van der Waals surface area contributed by atoms with Gasteiger partial charge in [0.2, 0.25) is 0 Å². The summed E-state index contributed by atoms with van der Waals surface area (Å²) < 4.78 is 6.16. The van der Waals surface area contributed by atoms with Crippen molar-refractivity contribution in [1.29, 1.82) is 0 Å². The van der Waals surface area contributed by atoms with Crippen molar-refractivity contribution >= 4 is 68.3 Å². The molecule has 3 nitrogen and oxygen atoms in total. The first-order chi connectivity index (χ1) is 22.4. The van der Waals surface area contributed by atoms with E-state index in [2.05, 4.69) is 133 Å². The zero-order valence-electron chi connectivity index (χ0n) is 25.8. The summed E-state index contributed by atoms with van der Waals surface area (Å²) in [4.78, 5) is 4.49. The summed E-state index contributed by atoms with van der Waals surface area (Å²) in [6.07, 6.45) is 0. The highest BCUT2D eigenvalue weighted by Gasteiger charge is 2.23. The molecule has 0 aliphatic rings. The second-order valence-corrected chi connectivity index (χ2v) is 12.3. The summed E-state index contributed by atoms with van der Waals surface area (Å²) in [5.74, 6) is 0.846. The molecule has 5 heteroatoms. The smallest absolute Gasteiger partial charge is 0.135 e. The Labute approximate surface area is 279 Å². The fourth-order valence-corrected chi connectivity index (χ4v) is 6.57. The van der Waals surface area contributed by atoms with Crippen LogP contribution in [0.1, 0.15) is 16.7 Å². The van der Waals surface area contributed by atoms with E-state index in [1.54, 1.807) is 0 Å². The lowest BCUT2D eigenvalue weighted by Gasteiger charge is -2.32. The zero-order valence-corrected chi connectivity index (χ0v) is 27.3. The third kappa shape index (κ3) is 5.64. The van der Waals surface area contributed by atoms with Gasteiger partial charge >= 0.3 is 0 Å². The molecular weight excluding hydrogens is 607 g/mol. The van der Waals surface area contributed by atoms with Gasteiger partial charge in [-0.25, -0.2) is 0 Å².